The van der Waals surface area contributed by atoms with Gasteiger partial charge >= 0.3 is 0 Å². The van der Waals surface area contributed by atoms with E-state index in [1.165, 1.54) is 18.5 Å². The van der Waals surface area contributed by atoms with Crippen molar-refractivity contribution in [3.63, 3.8) is 0 Å². The second-order valence-corrected chi connectivity index (χ2v) is 4.89. The number of aromatic nitrogens is 1. The predicted molar refractivity (Wildman–Crippen MR) is 73.3 cm³/mol. The van der Waals surface area contributed by atoms with Crippen LogP contribution in [0.2, 0.25) is 0 Å². The van der Waals surface area contributed by atoms with Gasteiger partial charge in [0.15, 0.2) is 0 Å². The first-order valence-electron chi connectivity index (χ1n) is 6.05. The van der Waals surface area contributed by atoms with Crippen LogP contribution in [0.25, 0.3) is 0 Å². The minimum Gasteiger partial charge on any atom is -0.328 e. The number of rotatable bonds is 3. The van der Waals surface area contributed by atoms with Crippen molar-refractivity contribution in [3.8, 4) is 0 Å². The van der Waals surface area contributed by atoms with Gasteiger partial charge in [-0.05, 0) is 44.4 Å². The van der Waals surface area contributed by atoms with Crippen molar-refractivity contribution in [3.05, 3.63) is 29.6 Å². The molecule has 1 fully saturated rings. The molecule has 2 rings (SSSR count). The number of hydrogen-bond acceptors (Lipinski definition) is 3. The van der Waals surface area contributed by atoms with Crippen LogP contribution in [0.4, 0.5) is 0 Å². The summed E-state index contributed by atoms with van der Waals surface area (Å²) in [7, 11) is 0. The molecule has 0 amide bonds. The third kappa shape index (κ3) is 3.66. The maximum Gasteiger partial charge on any atom is 0.0417 e. The molecule has 2 heterocycles. The molecule has 2 unspecified atom stereocenters. The molecule has 1 aliphatic rings. The van der Waals surface area contributed by atoms with Gasteiger partial charge in [0.25, 0.3) is 0 Å². The highest BCUT2D eigenvalue weighted by Crippen LogP contribution is 2.21. The zero-order chi connectivity index (χ0) is 11.5. The van der Waals surface area contributed by atoms with Crippen LogP contribution in [0.3, 0.4) is 0 Å². The quantitative estimate of drug-likeness (QED) is 0.898. The summed E-state index contributed by atoms with van der Waals surface area (Å²) in [6.45, 7) is 7.51. The number of halogens is 1. The number of hydrogen-bond donors (Lipinski definition) is 1. The molecular formula is C13H22ClN3. The maximum absolute atomic E-state index is 5.94. The van der Waals surface area contributed by atoms with E-state index in [0.717, 1.165) is 18.8 Å². The molecule has 17 heavy (non-hydrogen) atoms. The largest absolute Gasteiger partial charge is 0.328 e. The van der Waals surface area contributed by atoms with Gasteiger partial charge in [-0.2, -0.15) is 0 Å². The standard InChI is InChI=1S/C13H21N3.ClH/c1-10(14)12-5-7-16(8-12)9-13-4-3-6-15-11(13)2;/h3-4,6,10,12H,5,7-9,14H2,1-2H3;1H. The van der Waals surface area contributed by atoms with Crippen molar-refractivity contribution in [2.24, 2.45) is 11.7 Å². The molecule has 1 aromatic rings. The van der Waals surface area contributed by atoms with Gasteiger partial charge in [-0.15, -0.1) is 12.4 Å². The smallest absolute Gasteiger partial charge is 0.0417 e. The number of nitrogens with two attached hydrogens (primary N) is 1. The second kappa shape index (κ2) is 6.34. The molecular weight excluding hydrogens is 234 g/mol. The van der Waals surface area contributed by atoms with Crippen molar-refractivity contribution in [1.82, 2.24) is 9.88 Å². The lowest BCUT2D eigenvalue weighted by atomic mass is 10.0. The first kappa shape index (κ1) is 14.4. The first-order valence-corrected chi connectivity index (χ1v) is 6.05. The molecule has 2 atom stereocenters. The van der Waals surface area contributed by atoms with E-state index in [4.69, 9.17) is 5.73 Å². The van der Waals surface area contributed by atoms with Crippen LogP contribution in [0.1, 0.15) is 24.6 Å². The summed E-state index contributed by atoms with van der Waals surface area (Å²) in [5.74, 6) is 0.664. The fourth-order valence-corrected chi connectivity index (χ4v) is 2.36. The van der Waals surface area contributed by atoms with Gasteiger partial charge in [-0.3, -0.25) is 9.88 Å². The van der Waals surface area contributed by atoms with Crippen LogP contribution in [0.15, 0.2) is 18.3 Å². The third-order valence-electron chi connectivity index (χ3n) is 3.56. The Morgan fingerprint density at radius 3 is 2.94 bits per heavy atom. The summed E-state index contributed by atoms with van der Waals surface area (Å²) >= 11 is 0. The Labute approximate surface area is 110 Å². The number of likely N-dealkylation sites (tertiary alicyclic amines) is 1. The predicted octanol–water partition coefficient (Wildman–Crippen LogP) is 1.98. The minimum atomic E-state index is 0. The van der Waals surface area contributed by atoms with Gasteiger partial charge in [-0.1, -0.05) is 6.07 Å². The summed E-state index contributed by atoms with van der Waals surface area (Å²) in [4.78, 5) is 6.81. The van der Waals surface area contributed by atoms with Gasteiger partial charge in [0.1, 0.15) is 0 Å². The van der Waals surface area contributed by atoms with E-state index in [0.29, 0.717) is 12.0 Å². The molecule has 0 aliphatic carbocycles. The fourth-order valence-electron chi connectivity index (χ4n) is 2.36. The van der Waals surface area contributed by atoms with Crippen molar-refractivity contribution >= 4 is 12.4 Å². The fraction of sp³-hybridized carbons (Fsp3) is 0.615. The molecule has 0 aromatic carbocycles. The van der Waals surface area contributed by atoms with Crippen molar-refractivity contribution in [2.45, 2.75) is 32.9 Å². The Morgan fingerprint density at radius 1 is 1.59 bits per heavy atom. The Morgan fingerprint density at radius 2 is 2.35 bits per heavy atom. The van der Waals surface area contributed by atoms with E-state index in [2.05, 4.69) is 29.8 Å². The molecule has 0 bridgehead atoms. The zero-order valence-electron chi connectivity index (χ0n) is 10.6. The lowest BCUT2D eigenvalue weighted by molar-refractivity contribution is 0.307. The summed E-state index contributed by atoms with van der Waals surface area (Å²) < 4.78 is 0. The van der Waals surface area contributed by atoms with Crippen molar-refractivity contribution in [2.75, 3.05) is 13.1 Å². The van der Waals surface area contributed by atoms with Crippen LogP contribution in [0.5, 0.6) is 0 Å². The number of pyridine rings is 1. The summed E-state index contributed by atoms with van der Waals surface area (Å²) in [5, 5.41) is 0. The zero-order valence-corrected chi connectivity index (χ0v) is 11.4. The van der Waals surface area contributed by atoms with Crippen LogP contribution >= 0.6 is 12.4 Å². The van der Waals surface area contributed by atoms with Crippen LogP contribution in [0, 0.1) is 12.8 Å². The Balaban J connectivity index is 0.00000144. The molecule has 96 valence electrons. The van der Waals surface area contributed by atoms with Gasteiger partial charge in [-0.25, -0.2) is 0 Å². The van der Waals surface area contributed by atoms with E-state index in [1.807, 2.05) is 12.3 Å². The SMILES string of the molecule is Cc1ncccc1CN1CCC(C(C)N)C1.Cl. The summed E-state index contributed by atoms with van der Waals surface area (Å²) in [5.41, 5.74) is 8.43. The summed E-state index contributed by atoms with van der Waals surface area (Å²) in [6, 6.07) is 4.50. The molecule has 4 heteroatoms. The minimum absolute atomic E-state index is 0. The maximum atomic E-state index is 5.94. The van der Waals surface area contributed by atoms with Gasteiger partial charge in [0, 0.05) is 31.0 Å². The molecule has 0 radical (unpaired) electrons. The second-order valence-electron chi connectivity index (χ2n) is 4.89. The lowest BCUT2D eigenvalue weighted by Crippen LogP contribution is -2.29. The van der Waals surface area contributed by atoms with Crippen molar-refractivity contribution < 1.29 is 0 Å². The van der Waals surface area contributed by atoms with Crippen LogP contribution in [-0.4, -0.2) is 29.0 Å². The highest BCUT2D eigenvalue weighted by atomic mass is 35.5. The molecule has 0 saturated carbocycles. The normalized spacial score (nSPS) is 22.2. The monoisotopic (exact) mass is 255 g/mol. The topological polar surface area (TPSA) is 42.2 Å². The molecule has 1 aliphatic heterocycles. The molecule has 0 spiro atoms. The van der Waals surface area contributed by atoms with E-state index in [1.54, 1.807) is 0 Å². The van der Waals surface area contributed by atoms with E-state index >= 15 is 0 Å². The Kier molecular flexibility index (Phi) is 5.37. The lowest BCUT2D eigenvalue weighted by Gasteiger charge is -2.18. The van der Waals surface area contributed by atoms with Gasteiger partial charge in [0.05, 0.1) is 0 Å². The highest BCUT2D eigenvalue weighted by Gasteiger charge is 2.25. The van der Waals surface area contributed by atoms with Crippen molar-refractivity contribution in [1.29, 1.82) is 0 Å². The average Bonchev–Trinajstić information content (AvgIpc) is 2.70. The summed E-state index contributed by atoms with van der Waals surface area (Å²) in [6.07, 6.45) is 3.09. The molecule has 1 aromatic heterocycles. The van der Waals surface area contributed by atoms with Gasteiger partial charge in [0.2, 0.25) is 0 Å². The number of nitrogens with zero attached hydrogens (tertiary/aromatic N) is 2. The Hall–Kier alpha value is -0.640. The molecule has 2 N–H and O–H groups in total. The highest BCUT2D eigenvalue weighted by molar-refractivity contribution is 5.85. The molecule has 3 nitrogen and oxygen atoms in total. The Bertz CT molecular complexity index is 354. The van der Waals surface area contributed by atoms with E-state index in [9.17, 15) is 0 Å². The average molecular weight is 256 g/mol. The van der Waals surface area contributed by atoms with Crippen LogP contribution in [-0.2, 0) is 6.54 Å². The van der Waals surface area contributed by atoms with E-state index in [-0.39, 0.29) is 12.4 Å². The third-order valence-corrected chi connectivity index (χ3v) is 3.56. The van der Waals surface area contributed by atoms with Gasteiger partial charge < -0.3 is 5.73 Å². The molecule has 1 saturated heterocycles. The number of aryl methyl sites for hydroxylation is 1. The van der Waals surface area contributed by atoms with E-state index < -0.39 is 0 Å². The van der Waals surface area contributed by atoms with Crippen LogP contribution < -0.4 is 5.73 Å². The first-order chi connectivity index (χ1) is 7.66.